The summed E-state index contributed by atoms with van der Waals surface area (Å²) in [5.74, 6) is 1.02. The van der Waals surface area contributed by atoms with Gasteiger partial charge in [-0.05, 0) is 45.0 Å². The van der Waals surface area contributed by atoms with Crippen molar-refractivity contribution < 1.29 is 14.2 Å². The Morgan fingerprint density at radius 3 is 2.50 bits per heavy atom. The van der Waals surface area contributed by atoms with Gasteiger partial charge in [0.2, 0.25) is 11.8 Å². The van der Waals surface area contributed by atoms with E-state index < -0.39 is 5.60 Å². The average Bonchev–Trinajstić information content (AvgIpc) is 2.46. The first kappa shape index (κ1) is 16.2. The van der Waals surface area contributed by atoms with Gasteiger partial charge in [0.05, 0.1) is 5.60 Å². The summed E-state index contributed by atoms with van der Waals surface area (Å²) < 4.78 is 18.5. The second-order valence-corrected chi connectivity index (χ2v) is 5.58. The Labute approximate surface area is 129 Å². The van der Waals surface area contributed by atoms with Gasteiger partial charge >= 0.3 is 0 Å². The lowest BCUT2D eigenvalue weighted by Gasteiger charge is -2.28. The summed E-state index contributed by atoms with van der Waals surface area (Å²) in [6.07, 6.45) is 1.59. The lowest BCUT2D eigenvalue weighted by molar-refractivity contribution is 0.0872. The molecular formula is C16H20FN3O2. The number of halogens is 1. The molecule has 0 unspecified atom stereocenters. The van der Waals surface area contributed by atoms with Gasteiger partial charge in [-0.2, -0.15) is 4.98 Å². The molecule has 0 atom stereocenters. The molecule has 1 N–H and O–H groups in total. The molecule has 0 spiro atoms. The summed E-state index contributed by atoms with van der Waals surface area (Å²) in [6, 6.07) is 7.34. The van der Waals surface area contributed by atoms with E-state index in [9.17, 15) is 9.50 Å². The Morgan fingerprint density at radius 1 is 1.23 bits per heavy atom. The topological polar surface area (TPSA) is 58.5 Å². The molecule has 0 radical (unpaired) electrons. The Balaban J connectivity index is 2.16. The third-order valence-electron chi connectivity index (χ3n) is 2.90. The fourth-order valence-corrected chi connectivity index (χ4v) is 1.96. The molecule has 0 aliphatic rings. The molecule has 0 saturated carbocycles. The second kappa shape index (κ2) is 6.70. The standard InChI is InChI=1S/C16H20FN3O2/c1-4-20(11-16(2,3)21)15-18-10-9-14(19-15)22-13-7-5-12(17)6-8-13/h5-10,21H,4,11H2,1-3H3. The Hall–Kier alpha value is -2.21. The highest BCUT2D eigenvalue weighted by atomic mass is 19.1. The van der Waals surface area contributed by atoms with Gasteiger partial charge in [0.25, 0.3) is 0 Å². The number of anilines is 1. The number of rotatable bonds is 6. The van der Waals surface area contributed by atoms with Gasteiger partial charge in [0, 0.05) is 25.4 Å². The van der Waals surface area contributed by atoms with E-state index in [4.69, 9.17) is 4.74 Å². The van der Waals surface area contributed by atoms with Crippen LogP contribution in [-0.2, 0) is 0 Å². The number of hydrogen-bond donors (Lipinski definition) is 1. The number of likely N-dealkylation sites (N-methyl/N-ethyl adjacent to an activating group) is 1. The van der Waals surface area contributed by atoms with E-state index >= 15 is 0 Å². The minimum absolute atomic E-state index is 0.321. The second-order valence-electron chi connectivity index (χ2n) is 5.58. The van der Waals surface area contributed by atoms with Gasteiger partial charge in [-0.15, -0.1) is 0 Å². The van der Waals surface area contributed by atoms with Crippen LogP contribution in [0.3, 0.4) is 0 Å². The molecule has 0 aliphatic heterocycles. The third-order valence-corrected chi connectivity index (χ3v) is 2.90. The lowest BCUT2D eigenvalue weighted by Crippen LogP contribution is -2.39. The van der Waals surface area contributed by atoms with Crippen molar-refractivity contribution in [3.63, 3.8) is 0 Å². The van der Waals surface area contributed by atoms with Crippen molar-refractivity contribution in [2.75, 3.05) is 18.0 Å². The van der Waals surface area contributed by atoms with Crippen molar-refractivity contribution in [1.29, 1.82) is 0 Å². The van der Waals surface area contributed by atoms with Gasteiger partial charge in [-0.25, -0.2) is 9.37 Å². The Kier molecular flexibility index (Phi) is 4.92. The van der Waals surface area contributed by atoms with E-state index in [-0.39, 0.29) is 5.82 Å². The summed E-state index contributed by atoms with van der Waals surface area (Å²) in [6.45, 7) is 6.49. The summed E-state index contributed by atoms with van der Waals surface area (Å²) >= 11 is 0. The predicted octanol–water partition coefficient (Wildman–Crippen LogP) is 3.01. The van der Waals surface area contributed by atoms with Crippen molar-refractivity contribution in [1.82, 2.24) is 9.97 Å². The van der Waals surface area contributed by atoms with Crippen molar-refractivity contribution >= 4 is 5.95 Å². The zero-order valence-electron chi connectivity index (χ0n) is 13.0. The Bertz CT molecular complexity index is 612. The van der Waals surface area contributed by atoms with Crippen LogP contribution < -0.4 is 9.64 Å². The number of ether oxygens (including phenoxy) is 1. The van der Waals surface area contributed by atoms with E-state index in [1.807, 2.05) is 11.8 Å². The zero-order chi connectivity index (χ0) is 16.2. The smallest absolute Gasteiger partial charge is 0.228 e. The molecule has 0 amide bonds. The fraction of sp³-hybridized carbons (Fsp3) is 0.375. The van der Waals surface area contributed by atoms with Gasteiger partial charge in [0.1, 0.15) is 11.6 Å². The van der Waals surface area contributed by atoms with Gasteiger partial charge in [-0.3, -0.25) is 0 Å². The third kappa shape index (κ3) is 4.66. The van der Waals surface area contributed by atoms with Crippen LogP contribution >= 0.6 is 0 Å². The summed E-state index contributed by atoms with van der Waals surface area (Å²) in [4.78, 5) is 10.4. The van der Waals surface area contributed by atoms with Gasteiger partial charge < -0.3 is 14.7 Å². The van der Waals surface area contributed by atoms with Crippen molar-refractivity contribution in [2.45, 2.75) is 26.4 Å². The Morgan fingerprint density at radius 2 is 1.91 bits per heavy atom. The molecule has 2 rings (SSSR count). The van der Waals surface area contributed by atoms with Crippen LogP contribution in [0.2, 0.25) is 0 Å². The SMILES string of the molecule is CCN(CC(C)(C)O)c1nccc(Oc2ccc(F)cc2)n1. The summed E-state index contributed by atoms with van der Waals surface area (Å²) in [5, 5.41) is 9.95. The van der Waals surface area contributed by atoms with Gasteiger partial charge in [0.15, 0.2) is 0 Å². The molecule has 22 heavy (non-hydrogen) atoms. The molecular weight excluding hydrogens is 285 g/mol. The molecule has 1 aromatic heterocycles. The number of benzene rings is 1. The number of aliphatic hydroxyl groups is 1. The fourth-order valence-electron chi connectivity index (χ4n) is 1.96. The van der Waals surface area contributed by atoms with Crippen molar-refractivity contribution in [3.8, 4) is 11.6 Å². The minimum Gasteiger partial charge on any atom is -0.439 e. The van der Waals surface area contributed by atoms with Crippen LogP contribution in [0.15, 0.2) is 36.5 Å². The van der Waals surface area contributed by atoms with E-state index in [1.165, 1.54) is 24.3 Å². The quantitative estimate of drug-likeness (QED) is 0.889. The van der Waals surface area contributed by atoms with E-state index in [1.54, 1.807) is 26.1 Å². The van der Waals surface area contributed by atoms with Crippen molar-refractivity contribution in [3.05, 3.63) is 42.3 Å². The molecule has 1 aromatic carbocycles. The molecule has 0 fully saturated rings. The zero-order valence-corrected chi connectivity index (χ0v) is 13.0. The highest BCUT2D eigenvalue weighted by molar-refractivity contribution is 5.34. The first-order valence-electron chi connectivity index (χ1n) is 7.11. The van der Waals surface area contributed by atoms with Gasteiger partial charge in [-0.1, -0.05) is 0 Å². The van der Waals surface area contributed by atoms with Crippen LogP contribution in [0.4, 0.5) is 10.3 Å². The monoisotopic (exact) mass is 305 g/mol. The maximum absolute atomic E-state index is 12.9. The average molecular weight is 305 g/mol. The lowest BCUT2D eigenvalue weighted by atomic mass is 10.1. The van der Waals surface area contributed by atoms with Crippen LogP contribution in [0, 0.1) is 5.82 Å². The summed E-state index contributed by atoms with van der Waals surface area (Å²) in [5.41, 5.74) is -0.854. The van der Waals surface area contributed by atoms with E-state index in [2.05, 4.69) is 9.97 Å². The molecule has 2 aromatic rings. The highest BCUT2D eigenvalue weighted by Gasteiger charge is 2.19. The maximum Gasteiger partial charge on any atom is 0.228 e. The molecule has 0 saturated heterocycles. The van der Waals surface area contributed by atoms with Crippen LogP contribution in [0.1, 0.15) is 20.8 Å². The van der Waals surface area contributed by atoms with E-state index in [0.717, 1.165) is 0 Å². The number of aromatic nitrogens is 2. The highest BCUT2D eigenvalue weighted by Crippen LogP contribution is 2.21. The number of hydrogen-bond acceptors (Lipinski definition) is 5. The molecule has 1 heterocycles. The van der Waals surface area contributed by atoms with Crippen LogP contribution in [-0.4, -0.2) is 33.8 Å². The normalized spacial score (nSPS) is 11.3. The maximum atomic E-state index is 12.9. The first-order valence-corrected chi connectivity index (χ1v) is 7.11. The molecule has 6 heteroatoms. The minimum atomic E-state index is -0.854. The summed E-state index contributed by atoms with van der Waals surface area (Å²) in [7, 11) is 0. The van der Waals surface area contributed by atoms with Crippen molar-refractivity contribution in [2.24, 2.45) is 0 Å². The first-order chi connectivity index (χ1) is 10.4. The van der Waals surface area contributed by atoms with Crippen LogP contribution in [0.5, 0.6) is 11.6 Å². The molecule has 0 aliphatic carbocycles. The van der Waals surface area contributed by atoms with E-state index in [0.29, 0.717) is 30.7 Å². The predicted molar refractivity (Wildman–Crippen MR) is 82.7 cm³/mol. The molecule has 0 bridgehead atoms. The number of nitrogens with zero attached hydrogens (tertiary/aromatic N) is 3. The molecule has 5 nitrogen and oxygen atoms in total. The largest absolute Gasteiger partial charge is 0.439 e. The molecule has 118 valence electrons. The van der Waals surface area contributed by atoms with Crippen LogP contribution in [0.25, 0.3) is 0 Å².